The molecule has 2 atom stereocenters. The Balaban J connectivity index is 0.00000200. The number of carbonyl (C=O) groups is 2. The Morgan fingerprint density at radius 2 is 2.05 bits per heavy atom. The number of nitrogens with one attached hydrogen (secondary N) is 1. The van der Waals surface area contributed by atoms with Crippen LogP contribution in [0, 0.1) is 5.92 Å². The Kier molecular flexibility index (Phi) is 7.30. The highest BCUT2D eigenvalue weighted by Gasteiger charge is 2.32. The second kappa shape index (κ2) is 8.47. The van der Waals surface area contributed by atoms with Crippen molar-refractivity contribution in [3.8, 4) is 0 Å². The predicted molar refractivity (Wildman–Crippen MR) is 78.8 cm³/mol. The summed E-state index contributed by atoms with van der Waals surface area (Å²) in [6.07, 6.45) is 4.90. The third-order valence-electron chi connectivity index (χ3n) is 3.96. The first kappa shape index (κ1) is 17.2. The van der Waals surface area contributed by atoms with Crippen LogP contribution in [-0.2, 0) is 14.3 Å². The van der Waals surface area contributed by atoms with Crippen LogP contribution < -0.4 is 5.32 Å². The van der Waals surface area contributed by atoms with Gasteiger partial charge in [0, 0.05) is 13.1 Å². The van der Waals surface area contributed by atoms with Crippen molar-refractivity contribution in [1.82, 2.24) is 10.2 Å². The molecule has 116 valence electrons. The van der Waals surface area contributed by atoms with E-state index in [0.29, 0.717) is 13.2 Å². The fourth-order valence-corrected chi connectivity index (χ4v) is 2.91. The summed E-state index contributed by atoms with van der Waals surface area (Å²) >= 11 is 0. The Labute approximate surface area is 126 Å². The van der Waals surface area contributed by atoms with E-state index in [1.54, 1.807) is 0 Å². The van der Waals surface area contributed by atoms with E-state index in [4.69, 9.17) is 4.74 Å². The Morgan fingerprint density at radius 1 is 1.25 bits per heavy atom. The fraction of sp³-hybridized carbons (Fsp3) is 0.857. The molecular weight excluding hydrogens is 280 g/mol. The summed E-state index contributed by atoms with van der Waals surface area (Å²) in [6.45, 7) is 4.44. The molecule has 5 nitrogen and oxygen atoms in total. The third kappa shape index (κ3) is 4.35. The first-order valence-electron chi connectivity index (χ1n) is 7.41. The molecule has 2 heterocycles. The van der Waals surface area contributed by atoms with Gasteiger partial charge >= 0.3 is 5.97 Å². The van der Waals surface area contributed by atoms with Gasteiger partial charge in [0.25, 0.3) is 0 Å². The van der Waals surface area contributed by atoms with E-state index in [1.165, 1.54) is 0 Å². The number of amides is 1. The molecule has 2 unspecified atom stereocenters. The summed E-state index contributed by atoms with van der Waals surface area (Å²) in [6, 6.07) is -0.0466. The van der Waals surface area contributed by atoms with E-state index in [-0.39, 0.29) is 36.2 Å². The average Bonchev–Trinajstić information content (AvgIpc) is 2.48. The second-order valence-electron chi connectivity index (χ2n) is 5.38. The lowest BCUT2D eigenvalue weighted by Gasteiger charge is -2.35. The number of likely N-dealkylation sites (tertiary alicyclic amines) is 1. The summed E-state index contributed by atoms with van der Waals surface area (Å²) in [5.41, 5.74) is 0. The van der Waals surface area contributed by atoms with Gasteiger partial charge in [0.2, 0.25) is 5.91 Å². The largest absolute Gasteiger partial charge is 0.466 e. The van der Waals surface area contributed by atoms with Crippen molar-refractivity contribution in [2.24, 2.45) is 5.92 Å². The first-order valence-corrected chi connectivity index (χ1v) is 7.41. The maximum Gasteiger partial charge on any atom is 0.310 e. The number of hydrogen-bond donors (Lipinski definition) is 1. The van der Waals surface area contributed by atoms with Gasteiger partial charge < -0.3 is 15.0 Å². The van der Waals surface area contributed by atoms with Gasteiger partial charge in [-0.05, 0) is 39.2 Å². The number of nitrogens with zero attached hydrogens (tertiary/aromatic N) is 1. The SMILES string of the molecule is CCOC(=O)C1CCCN(C(=O)C2CCCCN2)C1.Cl. The standard InChI is InChI=1S/C14H24N2O3.ClH/c1-2-19-14(18)11-6-5-9-16(10-11)13(17)12-7-3-4-8-15-12;/h11-12,15H,2-10H2,1H3;1H. The van der Waals surface area contributed by atoms with Crippen LogP contribution in [0.15, 0.2) is 0 Å². The molecule has 2 aliphatic heterocycles. The lowest BCUT2D eigenvalue weighted by atomic mass is 9.96. The zero-order valence-corrected chi connectivity index (χ0v) is 12.9. The van der Waals surface area contributed by atoms with Gasteiger partial charge in [-0.15, -0.1) is 12.4 Å². The molecule has 2 saturated heterocycles. The zero-order chi connectivity index (χ0) is 13.7. The van der Waals surface area contributed by atoms with Crippen LogP contribution in [0.5, 0.6) is 0 Å². The molecule has 2 rings (SSSR count). The summed E-state index contributed by atoms with van der Waals surface area (Å²) in [5, 5.41) is 3.28. The lowest BCUT2D eigenvalue weighted by molar-refractivity contribution is -0.151. The second-order valence-corrected chi connectivity index (χ2v) is 5.38. The van der Waals surface area contributed by atoms with Gasteiger partial charge in [-0.25, -0.2) is 0 Å². The van der Waals surface area contributed by atoms with E-state index in [2.05, 4.69) is 5.32 Å². The summed E-state index contributed by atoms with van der Waals surface area (Å²) in [5.74, 6) is -0.133. The Bertz CT molecular complexity index is 332. The maximum atomic E-state index is 12.4. The molecule has 0 saturated carbocycles. The van der Waals surface area contributed by atoms with Crippen molar-refractivity contribution >= 4 is 24.3 Å². The van der Waals surface area contributed by atoms with Crippen molar-refractivity contribution in [3.63, 3.8) is 0 Å². The molecule has 0 aromatic rings. The van der Waals surface area contributed by atoms with Crippen LogP contribution in [0.3, 0.4) is 0 Å². The number of piperidine rings is 2. The highest BCUT2D eigenvalue weighted by atomic mass is 35.5. The van der Waals surface area contributed by atoms with Crippen LogP contribution in [0.4, 0.5) is 0 Å². The normalized spacial score (nSPS) is 26.6. The summed E-state index contributed by atoms with van der Waals surface area (Å²) < 4.78 is 5.06. The van der Waals surface area contributed by atoms with Crippen molar-refractivity contribution in [2.75, 3.05) is 26.2 Å². The van der Waals surface area contributed by atoms with Gasteiger partial charge in [-0.3, -0.25) is 9.59 Å². The van der Waals surface area contributed by atoms with Gasteiger partial charge in [0.05, 0.1) is 18.6 Å². The number of ether oxygens (including phenoxy) is 1. The molecular formula is C14H25ClN2O3. The van der Waals surface area contributed by atoms with E-state index >= 15 is 0 Å². The number of halogens is 1. The quantitative estimate of drug-likeness (QED) is 0.800. The van der Waals surface area contributed by atoms with Crippen LogP contribution in [0.25, 0.3) is 0 Å². The van der Waals surface area contributed by atoms with E-state index in [1.807, 2.05) is 11.8 Å². The van der Waals surface area contributed by atoms with Crippen molar-refractivity contribution in [1.29, 1.82) is 0 Å². The van der Waals surface area contributed by atoms with E-state index < -0.39 is 0 Å². The molecule has 0 aromatic carbocycles. The number of rotatable bonds is 3. The maximum absolute atomic E-state index is 12.4. The smallest absolute Gasteiger partial charge is 0.310 e. The molecule has 1 amide bonds. The van der Waals surface area contributed by atoms with Gasteiger partial charge in [0.1, 0.15) is 0 Å². The molecule has 0 aromatic heterocycles. The van der Waals surface area contributed by atoms with Gasteiger partial charge in [-0.2, -0.15) is 0 Å². The minimum atomic E-state index is -0.156. The predicted octanol–water partition coefficient (Wildman–Crippen LogP) is 1.35. The van der Waals surface area contributed by atoms with E-state index in [0.717, 1.165) is 45.2 Å². The fourth-order valence-electron chi connectivity index (χ4n) is 2.91. The summed E-state index contributed by atoms with van der Waals surface area (Å²) in [4.78, 5) is 26.0. The average molecular weight is 305 g/mol. The number of carbonyl (C=O) groups excluding carboxylic acids is 2. The molecule has 0 radical (unpaired) electrons. The van der Waals surface area contributed by atoms with Gasteiger partial charge in [0.15, 0.2) is 0 Å². The lowest BCUT2D eigenvalue weighted by Crippen LogP contribution is -2.52. The van der Waals surface area contributed by atoms with Crippen LogP contribution in [0.1, 0.15) is 39.0 Å². The number of esters is 1. The van der Waals surface area contributed by atoms with Crippen LogP contribution in [0.2, 0.25) is 0 Å². The Hall–Kier alpha value is -0.810. The third-order valence-corrected chi connectivity index (χ3v) is 3.96. The topological polar surface area (TPSA) is 58.6 Å². The molecule has 20 heavy (non-hydrogen) atoms. The van der Waals surface area contributed by atoms with Crippen molar-refractivity contribution in [3.05, 3.63) is 0 Å². The van der Waals surface area contributed by atoms with E-state index in [9.17, 15) is 9.59 Å². The van der Waals surface area contributed by atoms with Crippen LogP contribution >= 0.6 is 12.4 Å². The van der Waals surface area contributed by atoms with Crippen molar-refractivity contribution < 1.29 is 14.3 Å². The summed E-state index contributed by atoms with van der Waals surface area (Å²) in [7, 11) is 0. The highest BCUT2D eigenvalue weighted by molar-refractivity contribution is 5.85. The minimum absolute atomic E-state index is 0. The van der Waals surface area contributed by atoms with Gasteiger partial charge in [-0.1, -0.05) is 6.42 Å². The molecule has 2 aliphatic rings. The molecule has 2 fully saturated rings. The highest BCUT2D eigenvalue weighted by Crippen LogP contribution is 2.20. The monoisotopic (exact) mass is 304 g/mol. The van der Waals surface area contributed by atoms with Crippen molar-refractivity contribution in [2.45, 2.75) is 45.1 Å². The molecule has 6 heteroatoms. The van der Waals surface area contributed by atoms with Crippen LogP contribution in [-0.4, -0.2) is 49.1 Å². The molecule has 1 N–H and O–H groups in total. The molecule has 0 bridgehead atoms. The minimum Gasteiger partial charge on any atom is -0.466 e. The zero-order valence-electron chi connectivity index (χ0n) is 12.1. The Morgan fingerprint density at radius 3 is 2.70 bits per heavy atom. The number of hydrogen-bond acceptors (Lipinski definition) is 4. The molecule has 0 spiro atoms. The first-order chi connectivity index (χ1) is 9.22. The molecule has 0 aliphatic carbocycles.